The van der Waals surface area contributed by atoms with Crippen molar-refractivity contribution in [1.29, 1.82) is 0 Å². The summed E-state index contributed by atoms with van der Waals surface area (Å²) in [4.78, 5) is 15.3. The number of carbonyl (C=O) groups is 1. The van der Waals surface area contributed by atoms with Crippen LogP contribution in [0.25, 0.3) is 10.8 Å². The molecule has 4 nitrogen and oxygen atoms in total. The molecule has 1 aromatic heterocycles. The van der Waals surface area contributed by atoms with E-state index in [1.807, 2.05) is 42.5 Å². The fraction of sp³-hybridized carbons (Fsp3) is 0. The lowest BCUT2D eigenvalue weighted by atomic mass is 10.1. The number of anilines is 2. The average Bonchev–Trinajstić information content (AvgIpc) is 2.47. The predicted molar refractivity (Wildman–Crippen MR) is 83.4 cm³/mol. The Kier molecular flexibility index (Phi) is 3.46. The maximum absolute atomic E-state index is 11.2. The van der Waals surface area contributed by atoms with Crippen molar-refractivity contribution in [2.45, 2.75) is 0 Å². The van der Waals surface area contributed by atoms with Crippen LogP contribution in [0.2, 0.25) is 5.15 Å². The molecule has 0 amide bonds. The summed E-state index contributed by atoms with van der Waals surface area (Å²) in [5, 5.41) is 14.6. The van der Waals surface area contributed by atoms with Crippen LogP contribution in [0.3, 0.4) is 0 Å². The number of pyridine rings is 1. The molecule has 2 N–H and O–H groups in total. The number of aromatic nitrogens is 1. The summed E-state index contributed by atoms with van der Waals surface area (Å²) >= 11 is 5.84. The number of hydrogen-bond donors (Lipinski definition) is 2. The van der Waals surface area contributed by atoms with Crippen LogP contribution in [-0.2, 0) is 0 Å². The summed E-state index contributed by atoms with van der Waals surface area (Å²) < 4.78 is 0. The van der Waals surface area contributed by atoms with Crippen LogP contribution in [0.1, 0.15) is 10.4 Å². The van der Waals surface area contributed by atoms with Gasteiger partial charge < -0.3 is 10.4 Å². The van der Waals surface area contributed by atoms with Crippen molar-refractivity contribution in [3.63, 3.8) is 0 Å². The highest BCUT2D eigenvalue weighted by Gasteiger charge is 2.12. The smallest absolute Gasteiger partial charge is 0.339 e. The Balaban J connectivity index is 2.02. The number of nitrogens with one attached hydrogen (secondary N) is 1. The lowest BCUT2D eigenvalue weighted by Gasteiger charge is -2.09. The number of carboxylic acid groups (broad SMARTS) is 1. The lowest BCUT2D eigenvalue weighted by Crippen LogP contribution is -2.04. The molecule has 0 aliphatic carbocycles. The highest BCUT2D eigenvalue weighted by molar-refractivity contribution is 6.29. The Morgan fingerprint density at radius 2 is 1.81 bits per heavy atom. The van der Waals surface area contributed by atoms with Crippen molar-refractivity contribution >= 4 is 39.8 Å². The van der Waals surface area contributed by atoms with Gasteiger partial charge in [-0.25, -0.2) is 9.78 Å². The SMILES string of the molecule is O=C(O)c1ccc(Cl)nc1Nc1ccc2ccccc2c1. The molecular formula is C16H11ClN2O2. The van der Waals surface area contributed by atoms with Crippen LogP contribution in [0.15, 0.2) is 54.6 Å². The molecule has 0 spiro atoms. The van der Waals surface area contributed by atoms with Gasteiger partial charge in [0.2, 0.25) is 0 Å². The monoisotopic (exact) mass is 298 g/mol. The molecule has 0 aliphatic heterocycles. The number of hydrogen-bond acceptors (Lipinski definition) is 3. The number of fused-ring (bicyclic) bond motifs is 1. The van der Waals surface area contributed by atoms with E-state index in [1.54, 1.807) is 0 Å². The number of nitrogens with zero attached hydrogens (tertiary/aromatic N) is 1. The number of halogens is 1. The summed E-state index contributed by atoms with van der Waals surface area (Å²) in [6.45, 7) is 0. The van der Waals surface area contributed by atoms with Crippen LogP contribution in [0.4, 0.5) is 11.5 Å². The zero-order valence-corrected chi connectivity index (χ0v) is 11.6. The molecule has 2 aromatic carbocycles. The van der Waals surface area contributed by atoms with E-state index in [0.717, 1.165) is 16.5 Å². The van der Waals surface area contributed by atoms with Gasteiger partial charge in [0.15, 0.2) is 0 Å². The van der Waals surface area contributed by atoms with Crippen molar-refractivity contribution in [2.75, 3.05) is 5.32 Å². The molecule has 0 saturated carbocycles. The van der Waals surface area contributed by atoms with Gasteiger partial charge in [-0.1, -0.05) is 41.9 Å². The van der Waals surface area contributed by atoms with E-state index in [-0.39, 0.29) is 16.5 Å². The number of aromatic carboxylic acids is 1. The first-order chi connectivity index (χ1) is 10.1. The van der Waals surface area contributed by atoms with Crippen LogP contribution in [-0.4, -0.2) is 16.1 Å². The van der Waals surface area contributed by atoms with Gasteiger partial charge in [-0.15, -0.1) is 0 Å². The zero-order chi connectivity index (χ0) is 14.8. The van der Waals surface area contributed by atoms with Crippen molar-refractivity contribution in [2.24, 2.45) is 0 Å². The van der Waals surface area contributed by atoms with Crippen LogP contribution in [0.5, 0.6) is 0 Å². The third kappa shape index (κ3) is 2.80. The standard InChI is InChI=1S/C16H11ClN2O2/c17-14-8-7-13(16(20)21)15(19-14)18-12-6-5-10-3-1-2-4-11(10)9-12/h1-9H,(H,18,19)(H,20,21). The second kappa shape index (κ2) is 5.42. The van der Waals surface area contributed by atoms with E-state index in [4.69, 9.17) is 11.6 Å². The minimum atomic E-state index is -1.05. The molecule has 0 bridgehead atoms. The molecule has 5 heteroatoms. The van der Waals surface area contributed by atoms with Gasteiger partial charge >= 0.3 is 5.97 Å². The Hall–Kier alpha value is -2.59. The largest absolute Gasteiger partial charge is 0.478 e. The van der Waals surface area contributed by atoms with E-state index in [9.17, 15) is 9.90 Å². The van der Waals surface area contributed by atoms with Gasteiger partial charge in [0, 0.05) is 5.69 Å². The van der Waals surface area contributed by atoms with Crippen LogP contribution < -0.4 is 5.32 Å². The maximum atomic E-state index is 11.2. The van der Waals surface area contributed by atoms with Gasteiger partial charge in [0.1, 0.15) is 16.5 Å². The van der Waals surface area contributed by atoms with E-state index in [1.165, 1.54) is 12.1 Å². The van der Waals surface area contributed by atoms with Crippen molar-refractivity contribution in [3.05, 3.63) is 65.3 Å². The minimum Gasteiger partial charge on any atom is -0.478 e. The summed E-state index contributed by atoms with van der Waals surface area (Å²) in [6, 6.07) is 16.6. The molecule has 3 aromatic rings. The summed E-state index contributed by atoms with van der Waals surface area (Å²) in [7, 11) is 0. The normalized spacial score (nSPS) is 10.5. The first-order valence-electron chi connectivity index (χ1n) is 6.29. The number of benzene rings is 2. The quantitative estimate of drug-likeness (QED) is 0.706. The van der Waals surface area contributed by atoms with Gasteiger partial charge in [-0.2, -0.15) is 0 Å². The molecule has 104 valence electrons. The predicted octanol–water partition coefficient (Wildman–Crippen LogP) is 4.33. The Bertz CT molecular complexity index is 833. The van der Waals surface area contributed by atoms with Crippen molar-refractivity contribution in [3.8, 4) is 0 Å². The average molecular weight is 299 g/mol. The van der Waals surface area contributed by atoms with E-state index < -0.39 is 5.97 Å². The Morgan fingerprint density at radius 1 is 1.05 bits per heavy atom. The maximum Gasteiger partial charge on any atom is 0.339 e. The summed E-state index contributed by atoms with van der Waals surface area (Å²) in [5.41, 5.74) is 0.832. The third-order valence-corrected chi connectivity index (χ3v) is 3.31. The van der Waals surface area contributed by atoms with Gasteiger partial charge in [0.25, 0.3) is 0 Å². The highest BCUT2D eigenvalue weighted by Crippen LogP contribution is 2.24. The Labute approximate surface area is 126 Å². The van der Waals surface area contributed by atoms with E-state index in [0.29, 0.717) is 0 Å². The zero-order valence-electron chi connectivity index (χ0n) is 10.9. The molecule has 21 heavy (non-hydrogen) atoms. The Morgan fingerprint density at radius 3 is 2.57 bits per heavy atom. The molecule has 0 atom stereocenters. The fourth-order valence-corrected chi connectivity index (χ4v) is 2.25. The van der Waals surface area contributed by atoms with Crippen LogP contribution >= 0.6 is 11.6 Å². The molecule has 3 rings (SSSR count). The highest BCUT2D eigenvalue weighted by atomic mass is 35.5. The first kappa shape index (κ1) is 13.4. The minimum absolute atomic E-state index is 0.0764. The second-order valence-corrected chi connectivity index (χ2v) is 4.91. The lowest BCUT2D eigenvalue weighted by molar-refractivity contribution is 0.0697. The fourth-order valence-electron chi connectivity index (χ4n) is 2.11. The molecule has 0 unspecified atom stereocenters. The molecule has 0 fully saturated rings. The van der Waals surface area contributed by atoms with Crippen molar-refractivity contribution < 1.29 is 9.90 Å². The van der Waals surface area contributed by atoms with E-state index in [2.05, 4.69) is 10.3 Å². The van der Waals surface area contributed by atoms with Crippen LogP contribution in [0, 0.1) is 0 Å². The number of carboxylic acids is 1. The summed E-state index contributed by atoms with van der Waals surface area (Å²) in [6.07, 6.45) is 0. The second-order valence-electron chi connectivity index (χ2n) is 4.52. The molecule has 0 radical (unpaired) electrons. The molecule has 1 heterocycles. The summed E-state index contributed by atoms with van der Waals surface area (Å²) in [5.74, 6) is -0.826. The molecular weight excluding hydrogens is 288 g/mol. The van der Waals surface area contributed by atoms with Gasteiger partial charge in [0.05, 0.1) is 0 Å². The van der Waals surface area contributed by atoms with Gasteiger partial charge in [-0.05, 0) is 35.0 Å². The first-order valence-corrected chi connectivity index (χ1v) is 6.67. The molecule has 0 saturated heterocycles. The molecule has 0 aliphatic rings. The number of rotatable bonds is 3. The van der Waals surface area contributed by atoms with Gasteiger partial charge in [-0.3, -0.25) is 0 Å². The van der Waals surface area contributed by atoms with E-state index >= 15 is 0 Å². The topological polar surface area (TPSA) is 62.2 Å². The third-order valence-electron chi connectivity index (χ3n) is 3.10. The van der Waals surface area contributed by atoms with Crippen molar-refractivity contribution in [1.82, 2.24) is 4.98 Å².